The first-order chi connectivity index (χ1) is 11.9. The summed E-state index contributed by atoms with van der Waals surface area (Å²) in [6.07, 6.45) is 0. The monoisotopic (exact) mass is 368 g/mol. The molecule has 1 amide bonds. The highest BCUT2D eigenvalue weighted by Gasteiger charge is 2.22. The third-order valence-corrected chi connectivity index (χ3v) is 4.54. The fraction of sp³-hybridized carbons (Fsp3) is 0.438. The number of primary amides is 1. The minimum Gasteiger partial charge on any atom is -0.483 e. The lowest BCUT2D eigenvalue weighted by Crippen LogP contribution is -2.24. The topological polar surface area (TPSA) is 92.3 Å². The van der Waals surface area contributed by atoms with Gasteiger partial charge in [-0.2, -0.15) is 0 Å². The normalized spacial score (nSPS) is 13.4. The molecule has 0 aliphatic rings. The van der Waals surface area contributed by atoms with Crippen molar-refractivity contribution in [2.24, 2.45) is 5.73 Å². The molecule has 0 saturated heterocycles. The summed E-state index contributed by atoms with van der Waals surface area (Å²) in [5.41, 5.74) is 5.32. The average Bonchev–Trinajstić information content (AvgIpc) is 2.97. The van der Waals surface area contributed by atoms with E-state index in [4.69, 9.17) is 15.2 Å². The molecule has 0 fully saturated rings. The van der Waals surface area contributed by atoms with Gasteiger partial charge in [0.15, 0.2) is 22.5 Å². The predicted molar refractivity (Wildman–Crippen MR) is 91.9 cm³/mol. The van der Waals surface area contributed by atoms with Gasteiger partial charge in [0.05, 0.1) is 17.9 Å². The van der Waals surface area contributed by atoms with Crippen molar-refractivity contribution in [3.05, 3.63) is 35.9 Å². The Bertz CT molecular complexity index is 725. The number of carbonyl (C=O) groups is 1. The van der Waals surface area contributed by atoms with Crippen molar-refractivity contribution in [2.75, 3.05) is 13.7 Å². The number of thioether (sulfide) groups is 1. The van der Waals surface area contributed by atoms with Gasteiger partial charge >= 0.3 is 0 Å². The van der Waals surface area contributed by atoms with Crippen LogP contribution in [0.2, 0.25) is 0 Å². The number of ether oxygens (including phenoxy) is 2. The van der Waals surface area contributed by atoms with Gasteiger partial charge in [0, 0.05) is 7.11 Å². The molecule has 9 heteroatoms. The van der Waals surface area contributed by atoms with Crippen molar-refractivity contribution < 1.29 is 18.7 Å². The lowest BCUT2D eigenvalue weighted by atomic mass is 10.3. The Balaban J connectivity index is 2.23. The van der Waals surface area contributed by atoms with Crippen LogP contribution in [-0.4, -0.2) is 39.6 Å². The Hall–Kier alpha value is -2.13. The number of nitrogens with zero attached hydrogens (tertiary/aromatic N) is 3. The minimum absolute atomic E-state index is 0.0352. The fourth-order valence-corrected chi connectivity index (χ4v) is 3.08. The third-order valence-electron chi connectivity index (χ3n) is 3.46. The number of rotatable bonds is 9. The number of carbonyl (C=O) groups excluding carboxylic acids is 1. The number of aromatic nitrogens is 3. The van der Waals surface area contributed by atoms with Crippen molar-refractivity contribution in [1.29, 1.82) is 0 Å². The van der Waals surface area contributed by atoms with Crippen LogP contribution in [0.4, 0.5) is 4.39 Å². The zero-order valence-corrected chi connectivity index (χ0v) is 15.1. The molecule has 2 atom stereocenters. The number of halogens is 1. The van der Waals surface area contributed by atoms with E-state index in [-0.39, 0.29) is 18.4 Å². The molecule has 0 aliphatic carbocycles. The lowest BCUT2D eigenvalue weighted by molar-refractivity contribution is -0.117. The van der Waals surface area contributed by atoms with Gasteiger partial charge in [-0.3, -0.25) is 9.36 Å². The number of hydrogen-bond acceptors (Lipinski definition) is 6. The second-order valence-electron chi connectivity index (χ2n) is 5.45. The van der Waals surface area contributed by atoms with E-state index in [1.54, 1.807) is 32.2 Å². The van der Waals surface area contributed by atoms with E-state index >= 15 is 0 Å². The van der Waals surface area contributed by atoms with Crippen LogP contribution in [0.1, 0.15) is 25.7 Å². The Kier molecular flexibility index (Phi) is 6.77. The van der Waals surface area contributed by atoms with Crippen LogP contribution in [0.5, 0.6) is 5.75 Å². The molecule has 0 saturated carbocycles. The van der Waals surface area contributed by atoms with Crippen LogP contribution in [-0.2, 0) is 16.1 Å². The van der Waals surface area contributed by atoms with Crippen LogP contribution in [0.25, 0.3) is 0 Å². The van der Waals surface area contributed by atoms with Crippen molar-refractivity contribution in [1.82, 2.24) is 14.8 Å². The Morgan fingerprint density at radius 1 is 1.36 bits per heavy atom. The highest BCUT2D eigenvalue weighted by atomic mass is 32.2. The number of amides is 1. The van der Waals surface area contributed by atoms with Gasteiger partial charge in [0.25, 0.3) is 0 Å². The third kappa shape index (κ3) is 4.93. The first kappa shape index (κ1) is 19.2. The number of hydrogen-bond donors (Lipinski definition) is 1. The molecule has 0 radical (unpaired) electrons. The second-order valence-corrected chi connectivity index (χ2v) is 6.76. The maximum Gasteiger partial charge on any atom is 0.230 e. The van der Waals surface area contributed by atoms with E-state index in [2.05, 4.69) is 10.2 Å². The summed E-state index contributed by atoms with van der Waals surface area (Å²) in [6, 6.07) is 6.04. The van der Waals surface area contributed by atoms with Crippen molar-refractivity contribution in [3.8, 4) is 5.75 Å². The van der Waals surface area contributed by atoms with Crippen molar-refractivity contribution >= 4 is 17.7 Å². The van der Waals surface area contributed by atoms with E-state index < -0.39 is 17.0 Å². The molecule has 0 bridgehead atoms. The Morgan fingerprint density at radius 3 is 2.72 bits per heavy atom. The molecule has 1 heterocycles. The zero-order valence-electron chi connectivity index (χ0n) is 14.3. The van der Waals surface area contributed by atoms with Gasteiger partial charge in [-0.15, -0.1) is 10.2 Å². The van der Waals surface area contributed by atoms with E-state index in [1.807, 2.05) is 11.5 Å². The molecule has 0 unspecified atom stereocenters. The first-order valence-electron chi connectivity index (χ1n) is 7.70. The molecule has 0 aliphatic heterocycles. The molecule has 136 valence electrons. The Morgan fingerprint density at radius 2 is 2.08 bits per heavy atom. The van der Waals surface area contributed by atoms with Crippen LogP contribution >= 0.6 is 11.8 Å². The highest BCUT2D eigenvalue weighted by Crippen LogP contribution is 2.26. The number of nitrogens with two attached hydrogens (primary N) is 1. The van der Waals surface area contributed by atoms with Gasteiger partial charge in [0.1, 0.15) is 6.61 Å². The predicted octanol–water partition coefficient (Wildman–Crippen LogP) is 2.17. The standard InChI is InChI=1S/C16H21FN4O3S/c1-10(8-23-3)21-14(9-24-13-7-5-4-6-12(13)17)19-20-16(21)25-11(2)15(18)22/h4-7,10-11H,8-9H2,1-3H3,(H2,18,22)/t10-,11+/m0/s1. The van der Waals surface area contributed by atoms with E-state index in [9.17, 15) is 9.18 Å². The van der Waals surface area contributed by atoms with Crippen LogP contribution in [0, 0.1) is 5.82 Å². The molecule has 1 aromatic carbocycles. The van der Waals surface area contributed by atoms with Crippen molar-refractivity contribution in [3.63, 3.8) is 0 Å². The summed E-state index contributed by atoms with van der Waals surface area (Å²) >= 11 is 1.21. The minimum atomic E-state index is -0.460. The molecule has 7 nitrogen and oxygen atoms in total. The quantitative estimate of drug-likeness (QED) is 0.682. The average molecular weight is 368 g/mol. The molecule has 2 N–H and O–H groups in total. The SMILES string of the molecule is COC[C@H](C)n1c(COc2ccccc2F)nnc1S[C@H](C)C(N)=O. The van der Waals surface area contributed by atoms with Gasteiger partial charge in [-0.25, -0.2) is 4.39 Å². The zero-order chi connectivity index (χ0) is 18.4. The largest absolute Gasteiger partial charge is 0.483 e. The second kappa shape index (κ2) is 8.82. The summed E-state index contributed by atoms with van der Waals surface area (Å²) in [4.78, 5) is 11.3. The Labute approximate surface area is 149 Å². The molecule has 2 rings (SSSR count). The summed E-state index contributed by atoms with van der Waals surface area (Å²) in [5.74, 6) is -0.248. The van der Waals surface area contributed by atoms with E-state index in [1.165, 1.54) is 17.8 Å². The van der Waals surface area contributed by atoms with Crippen LogP contribution in [0.3, 0.4) is 0 Å². The van der Waals surface area contributed by atoms with Crippen molar-refractivity contribution in [2.45, 2.75) is 36.9 Å². The summed E-state index contributed by atoms with van der Waals surface area (Å²) in [6.45, 7) is 4.08. The number of methoxy groups -OCH3 is 1. The number of benzene rings is 1. The summed E-state index contributed by atoms with van der Waals surface area (Å²) < 4.78 is 26.2. The molecule has 0 spiro atoms. The van der Waals surface area contributed by atoms with Gasteiger partial charge in [-0.1, -0.05) is 23.9 Å². The van der Waals surface area contributed by atoms with Gasteiger partial charge < -0.3 is 15.2 Å². The number of para-hydroxylation sites is 1. The summed E-state index contributed by atoms with van der Waals surface area (Å²) in [5, 5.41) is 8.30. The maximum absolute atomic E-state index is 13.7. The van der Waals surface area contributed by atoms with Gasteiger partial charge in [0.2, 0.25) is 5.91 Å². The molecule has 25 heavy (non-hydrogen) atoms. The van der Waals surface area contributed by atoms with Crippen LogP contribution in [0.15, 0.2) is 29.4 Å². The lowest BCUT2D eigenvalue weighted by Gasteiger charge is -2.18. The van der Waals surface area contributed by atoms with Crippen LogP contribution < -0.4 is 10.5 Å². The van der Waals surface area contributed by atoms with E-state index in [0.29, 0.717) is 17.6 Å². The fourth-order valence-electron chi connectivity index (χ4n) is 2.16. The van der Waals surface area contributed by atoms with Gasteiger partial charge in [-0.05, 0) is 26.0 Å². The molecular formula is C16H21FN4O3S. The summed E-state index contributed by atoms with van der Waals surface area (Å²) in [7, 11) is 1.59. The molecular weight excluding hydrogens is 347 g/mol. The van der Waals surface area contributed by atoms with E-state index in [0.717, 1.165) is 0 Å². The molecule has 1 aromatic heterocycles. The molecule has 2 aromatic rings. The smallest absolute Gasteiger partial charge is 0.230 e. The first-order valence-corrected chi connectivity index (χ1v) is 8.58. The maximum atomic E-state index is 13.7. The highest BCUT2D eigenvalue weighted by molar-refractivity contribution is 8.00.